The first kappa shape index (κ1) is 25.9. The molecule has 0 bridgehead atoms. The molecule has 0 saturated carbocycles. The van der Waals surface area contributed by atoms with Crippen LogP contribution in [-0.2, 0) is 19.1 Å². The van der Waals surface area contributed by atoms with E-state index in [4.69, 9.17) is 9.84 Å². The third-order valence-corrected chi connectivity index (χ3v) is 5.91. The quantitative estimate of drug-likeness (QED) is 0.365. The topological polar surface area (TPSA) is 137 Å². The second-order valence-corrected chi connectivity index (χ2v) is 9.21. The highest BCUT2D eigenvalue weighted by molar-refractivity contribution is 5.82. The van der Waals surface area contributed by atoms with Crippen LogP contribution in [-0.4, -0.2) is 72.8 Å². The van der Waals surface area contributed by atoms with Crippen molar-refractivity contribution in [3.63, 3.8) is 0 Å². The van der Waals surface area contributed by atoms with Gasteiger partial charge in [-0.15, -0.1) is 0 Å². The van der Waals surface area contributed by atoms with Gasteiger partial charge in [-0.05, 0) is 57.0 Å². The summed E-state index contributed by atoms with van der Waals surface area (Å²) < 4.78 is 5.02. The molecule has 2 heterocycles. The number of nitrogens with one attached hydrogen (secondary N) is 3. The number of alkyl carbamates (subject to hydrolysis) is 1. The van der Waals surface area contributed by atoms with E-state index in [1.165, 1.54) is 0 Å². The maximum atomic E-state index is 12.8. The Balaban J connectivity index is 1.83. The molecule has 10 heteroatoms. The summed E-state index contributed by atoms with van der Waals surface area (Å²) in [5.41, 5.74) is 0. The van der Waals surface area contributed by atoms with Crippen LogP contribution in [0.5, 0.6) is 0 Å². The molecule has 0 radical (unpaired) electrons. The van der Waals surface area contributed by atoms with Gasteiger partial charge in [0.15, 0.2) is 0 Å². The number of hydrogen-bond acceptors (Lipinski definition) is 6. The maximum absolute atomic E-state index is 12.8. The number of amides is 3. The van der Waals surface area contributed by atoms with E-state index in [-0.39, 0.29) is 24.3 Å². The van der Waals surface area contributed by atoms with E-state index >= 15 is 0 Å². The van der Waals surface area contributed by atoms with Gasteiger partial charge < -0.3 is 30.7 Å². The zero-order valence-corrected chi connectivity index (χ0v) is 19.2. The Hall–Kier alpha value is -2.36. The molecule has 2 atom stereocenters. The number of hydrogen-bond donors (Lipinski definition) is 4. The summed E-state index contributed by atoms with van der Waals surface area (Å²) in [7, 11) is 0. The Labute approximate surface area is 189 Å². The van der Waals surface area contributed by atoms with Crippen LogP contribution in [0.15, 0.2) is 0 Å². The molecule has 4 N–H and O–H groups in total. The average Bonchev–Trinajstić information content (AvgIpc) is 2.76. The third-order valence-electron chi connectivity index (χ3n) is 5.91. The average molecular weight is 455 g/mol. The minimum Gasteiger partial charge on any atom is -0.481 e. The van der Waals surface area contributed by atoms with Gasteiger partial charge in [-0.25, -0.2) is 4.79 Å². The van der Waals surface area contributed by atoms with Crippen molar-refractivity contribution in [2.24, 2.45) is 17.8 Å². The Morgan fingerprint density at radius 2 is 1.84 bits per heavy atom. The summed E-state index contributed by atoms with van der Waals surface area (Å²) >= 11 is 0. The number of likely N-dealkylation sites (tertiary alicyclic amines) is 1. The SMILES string of the molecule is CC(C)COC(=O)N[C@@H](CC(=O)O)NC(=O)[C@@H]1CCCN(C(=O)CCC2CCNCC2)C1. The number of carbonyl (C=O) groups excluding carboxylic acids is 3. The normalized spacial score (nSPS) is 20.5. The zero-order chi connectivity index (χ0) is 23.5. The third kappa shape index (κ3) is 9.42. The highest BCUT2D eigenvalue weighted by atomic mass is 16.5. The van der Waals surface area contributed by atoms with E-state index in [0.29, 0.717) is 38.3 Å². The lowest BCUT2D eigenvalue weighted by molar-refractivity contribution is -0.138. The van der Waals surface area contributed by atoms with Crippen molar-refractivity contribution in [1.82, 2.24) is 20.9 Å². The Kier molecular flexibility index (Phi) is 10.7. The van der Waals surface area contributed by atoms with Crippen LogP contribution >= 0.6 is 0 Å². The van der Waals surface area contributed by atoms with Gasteiger partial charge >= 0.3 is 12.1 Å². The molecule has 0 spiro atoms. The van der Waals surface area contributed by atoms with Gasteiger partial charge in [0, 0.05) is 19.5 Å². The summed E-state index contributed by atoms with van der Waals surface area (Å²) in [4.78, 5) is 50.3. The number of ether oxygens (including phenoxy) is 1. The number of rotatable bonds is 10. The van der Waals surface area contributed by atoms with E-state index in [9.17, 15) is 19.2 Å². The van der Waals surface area contributed by atoms with Crippen molar-refractivity contribution in [3.8, 4) is 0 Å². The smallest absolute Gasteiger partial charge is 0.408 e. The van der Waals surface area contributed by atoms with Gasteiger partial charge in [-0.3, -0.25) is 14.4 Å². The van der Waals surface area contributed by atoms with Crippen LogP contribution in [0.1, 0.15) is 58.8 Å². The first-order chi connectivity index (χ1) is 15.2. The Morgan fingerprint density at radius 1 is 1.12 bits per heavy atom. The fourth-order valence-electron chi connectivity index (χ4n) is 4.10. The number of piperidine rings is 2. The number of carboxylic acids is 1. The molecule has 0 aromatic heterocycles. The molecular formula is C22H38N4O6. The molecule has 2 aliphatic heterocycles. The molecule has 32 heavy (non-hydrogen) atoms. The fourth-order valence-corrected chi connectivity index (χ4v) is 4.10. The van der Waals surface area contributed by atoms with Crippen LogP contribution in [0, 0.1) is 17.8 Å². The minimum atomic E-state index is -1.15. The molecule has 2 fully saturated rings. The van der Waals surface area contributed by atoms with Gasteiger partial charge in [0.05, 0.1) is 18.9 Å². The lowest BCUT2D eigenvalue weighted by atomic mass is 9.92. The predicted octanol–water partition coefficient (Wildman–Crippen LogP) is 1.30. The number of aliphatic carboxylic acids is 1. The summed E-state index contributed by atoms with van der Waals surface area (Å²) in [5.74, 6) is -1.18. The Morgan fingerprint density at radius 3 is 2.50 bits per heavy atom. The van der Waals surface area contributed by atoms with Crippen molar-refractivity contribution in [2.75, 3.05) is 32.8 Å². The minimum absolute atomic E-state index is 0.0681. The summed E-state index contributed by atoms with van der Waals surface area (Å²) in [6.07, 6.45) is 2.56. The van der Waals surface area contributed by atoms with Gasteiger partial charge in [-0.1, -0.05) is 13.8 Å². The molecule has 182 valence electrons. The number of carboxylic acid groups (broad SMARTS) is 1. The molecule has 10 nitrogen and oxygen atoms in total. The maximum Gasteiger partial charge on any atom is 0.408 e. The summed E-state index contributed by atoms with van der Waals surface area (Å²) in [6, 6.07) is 0. The summed E-state index contributed by atoms with van der Waals surface area (Å²) in [5, 5.41) is 17.5. The largest absolute Gasteiger partial charge is 0.481 e. The van der Waals surface area contributed by atoms with Crippen LogP contribution in [0.25, 0.3) is 0 Å². The standard InChI is InChI=1S/C22H38N4O6/c1-15(2)14-32-22(31)25-18(12-20(28)29)24-21(30)17-4-3-11-26(13-17)19(27)6-5-16-7-9-23-10-8-16/h15-18,23H,3-14H2,1-2H3,(H,24,30)(H,25,31)(H,28,29)/t17-,18+/m1/s1. The van der Waals surface area contributed by atoms with Crippen molar-refractivity contribution < 1.29 is 29.0 Å². The van der Waals surface area contributed by atoms with E-state index in [0.717, 1.165) is 32.4 Å². The molecule has 0 aromatic rings. The lowest BCUT2D eigenvalue weighted by Crippen LogP contribution is -2.53. The van der Waals surface area contributed by atoms with Crippen LogP contribution in [0.2, 0.25) is 0 Å². The molecule has 0 aromatic carbocycles. The number of nitrogens with zero attached hydrogens (tertiary/aromatic N) is 1. The van der Waals surface area contributed by atoms with E-state index in [1.807, 2.05) is 13.8 Å². The van der Waals surface area contributed by atoms with Gasteiger partial charge in [0.2, 0.25) is 11.8 Å². The van der Waals surface area contributed by atoms with Crippen LogP contribution in [0.4, 0.5) is 4.79 Å². The molecular weight excluding hydrogens is 416 g/mol. The zero-order valence-electron chi connectivity index (χ0n) is 19.2. The van der Waals surface area contributed by atoms with Crippen molar-refractivity contribution in [1.29, 1.82) is 0 Å². The Bertz CT molecular complexity index is 650. The molecule has 0 unspecified atom stereocenters. The van der Waals surface area contributed by atoms with Gasteiger partial charge in [-0.2, -0.15) is 0 Å². The first-order valence-electron chi connectivity index (χ1n) is 11.7. The lowest BCUT2D eigenvalue weighted by Gasteiger charge is -2.33. The fraction of sp³-hybridized carbons (Fsp3) is 0.818. The van der Waals surface area contributed by atoms with Crippen LogP contribution in [0.3, 0.4) is 0 Å². The van der Waals surface area contributed by atoms with E-state index < -0.39 is 30.6 Å². The van der Waals surface area contributed by atoms with E-state index in [2.05, 4.69) is 16.0 Å². The first-order valence-corrected chi connectivity index (χ1v) is 11.7. The highest BCUT2D eigenvalue weighted by Crippen LogP contribution is 2.21. The highest BCUT2D eigenvalue weighted by Gasteiger charge is 2.30. The predicted molar refractivity (Wildman–Crippen MR) is 118 cm³/mol. The van der Waals surface area contributed by atoms with Gasteiger partial charge in [0.1, 0.15) is 6.17 Å². The van der Waals surface area contributed by atoms with Crippen molar-refractivity contribution in [2.45, 2.75) is 65.0 Å². The second-order valence-electron chi connectivity index (χ2n) is 9.21. The van der Waals surface area contributed by atoms with E-state index in [1.54, 1.807) is 4.90 Å². The summed E-state index contributed by atoms with van der Waals surface area (Å²) in [6.45, 7) is 6.90. The molecule has 2 saturated heterocycles. The van der Waals surface area contributed by atoms with Crippen LogP contribution < -0.4 is 16.0 Å². The molecule has 0 aliphatic carbocycles. The van der Waals surface area contributed by atoms with Crippen molar-refractivity contribution >= 4 is 23.9 Å². The molecule has 2 aliphatic rings. The molecule has 3 amide bonds. The van der Waals surface area contributed by atoms with Gasteiger partial charge in [0.25, 0.3) is 0 Å². The number of carbonyl (C=O) groups is 4. The molecule has 2 rings (SSSR count). The second kappa shape index (κ2) is 13.2. The van der Waals surface area contributed by atoms with Crippen molar-refractivity contribution in [3.05, 3.63) is 0 Å². The monoisotopic (exact) mass is 454 g/mol.